The van der Waals surface area contributed by atoms with Crippen LogP contribution in [-0.2, 0) is 9.53 Å². The Balaban J connectivity index is 1.83. The van der Waals surface area contributed by atoms with Crippen LogP contribution in [0.15, 0.2) is 17.5 Å². The molecule has 2 fully saturated rings. The third-order valence-corrected chi connectivity index (χ3v) is 5.22. The van der Waals surface area contributed by atoms with Crippen LogP contribution in [-0.4, -0.2) is 36.1 Å². The molecule has 2 atom stereocenters. The first kappa shape index (κ1) is 15.0. The summed E-state index contributed by atoms with van der Waals surface area (Å²) in [6, 6.07) is 4.45. The molecular formula is C16H24N2O2S. The van der Waals surface area contributed by atoms with Gasteiger partial charge in [0.25, 0.3) is 0 Å². The van der Waals surface area contributed by atoms with E-state index in [1.807, 2.05) is 0 Å². The predicted octanol–water partition coefficient (Wildman–Crippen LogP) is 2.77. The maximum absolute atomic E-state index is 12.9. The molecular weight excluding hydrogens is 284 g/mol. The number of ether oxygens (including phenoxy) is 1. The number of hydrogen-bond acceptors (Lipinski definition) is 4. The Labute approximate surface area is 130 Å². The summed E-state index contributed by atoms with van der Waals surface area (Å²) >= 11 is 1.72. The molecule has 0 aliphatic carbocycles. The van der Waals surface area contributed by atoms with Crippen molar-refractivity contribution < 1.29 is 9.53 Å². The van der Waals surface area contributed by atoms with E-state index in [1.54, 1.807) is 11.3 Å². The van der Waals surface area contributed by atoms with Gasteiger partial charge in [-0.1, -0.05) is 19.9 Å². The lowest BCUT2D eigenvalue weighted by Gasteiger charge is -2.34. The lowest BCUT2D eigenvalue weighted by atomic mass is 10.0. The molecule has 2 saturated heterocycles. The molecule has 3 heterocycles. The average molecular weight is 308 g/mol. The molecule has 0 aromatic carbocycles. The fraction of sp³-hybridized carbons (Fsp3) is 0.688. The summed E-state index contributed by atoms with van der Waals surface area (Å²) in [4.78, 5) is 16.2. The van der Waals surface area contributed by atoms with Crippen molar-refractivity contribution in [1.29, 1.82) is 0 Å². The first-order valence-electron chi connectivity index (χ1n) is 7.86. The van der Waals surface area contributed by atoms with Crippen LogP contribution in [0.1, 0.15) is 44.2 Å². The van der Waals surface area contributed by atoms with E-state index in [4.69, 9.17) is 4.74 Å². The average Bonchev–Trinajstić information content (AvgIpc) is 3.08. The molecule has 1 aromatic heterocycles. The summed E-state index contributed by atoms with van der Waals surface area (Å²) in [5.74, 6) is 0.791. The van der Waals surface area contributed by atoms with Crippen molar-refractivity contribution in [3.8, 4) is 0 Å². The Kier molecular flexibility index (Phi) is 4.62. The lowest BCUT2D eigenvalue weighted by Crippen LogP contribution is -2.43. The first-order valence-corrected chi connectivity index (χ1v) is 8.74. The van der Waals surface area contributed by atoms with Crippen molar-refractivity contribution in [3.05, 3.63) is 22.4 Å². The van der Waals surface area contributed by atoms with Crippen LogP contribution >= 0.6 is 11.3 Å². The largest absolute Gasteiger partial charge is 0.381 e. The van der Waals surface area contributed by atoms with Crippen molar-refractivity contribution in [1.82, 2.24) is 10.2 Å². The summed E-state index contributed by atoms with van der Waals surface area (Å²) in [6.45, 7) is 5.87. The molecule has 0 spiro atoms. The minimum absolute atomic E-state index is 0.0417. The Morgan fingerprint density at radius 2 is 2.19 bits per heavy atom. The molecule has 21 heavy (non-hydrogen) atoms. The van der Waals surface area contributed by atoms with Crippen LogP contribution in [0.5, 0.6) is 0 Å². The van der Waals surface area contributed by atoms with Gasteiger partial charge in [0.15, 0.2) is 0 Å². The number of carbonyl (C=O) groups is 1. The number of rotatable bonds is 4. The number of nitrogens with zero attached hydrogens (tertiary/aromatic N) is 1. The number of amides is 1. The van der Waals surface area contributed by atoms with E-state index in [9.17, 15) is 4.79 Å². The van der Waals surface area contributed by atoms with Gasteiger partial charge in [0.1, 0.15) is 6.17 Å². The molecule has 1 amide bonds. The lowest BCUT2D eigenvalue weighted by molar-refractivity contribution is -0.134. The standard InChI is InChI=1S/C16H24N2O2S/c1-11(2)10-13-16(19)18(12-5-7-20-8-6-12)15(17-13)14-4-3-9-21-14/h3-4,9,11-13,15,17H,5-8,10H2,1-2H3. The van der Waals surface area contributed by atoms with E-state index < -0.39 is 0 Å². The molecule has 0 bridgehead atoms. The highest BCUT2D eigenvalue weighted by molar-refractivity contribution is 7.10. The maximum atomic E-state index is 12.9. The van der Waals surface area contributed by atoms with E-state index in [-0.39, 0.29) is 18.1 Å². The van der Waals surface area contributed by atoms with Gasteiger partial charge in [0, 0.05) is 24.1 Å². The molecule has 2 aliphatic rings. The highest BCUT2D eigenvalue weighted by atomic mass is 32.1. The second-order valence-electron chi connectivity index (χ2n) is 6.36. The first-order chi connectivity index (χ1) is 10.2. The molecule has 0 saturated carbocycles. The second-order valence-corrected chi connectivity index (χ2v) is 7.34. The van der Waals surface area contributed by atoms with Crippen molar-refractivity contribution in [2.75, 3.05) is 13.2 Å². The second kappa shape index (κ2) is 6.46. The SMILES string of the molecule is CC(C)CC1NC(c2cccs2)N(C2CCOCC2)C1=O. The van der Waals surface area contributed by atoms with E-state index >= 15 is 0 Å². The molecule has 1 aromatic rings. The smallest absolute Gasteiger partial charge is 0.241 e. The Morgan fingerprint density at radius 1 is 1.43 bits per heavy atom. The summed E-state index contributed by atoms with van der Waals surface area (Å²) < 4.78 is 5.46. The van der Waals surface area contributed by atoms with E-state index in [0.717, 1.165) is 32.5 Å². The molecule has 5 heteroatoms. The number of carbonyl (C=O) groups excluding carboxylic acids is 1. The number of thiophene rings is 1. The molecule has 116 valence electrons. The van der Waals surface area contributed by atoms with Gasteiger partial charge in [-0.2, -0.15) is 0 Å². The topological polar surface area (TPSA) is 41.6 Å². The zero-order valence-electron chi connectivity index (χ0n) is 12.7. The van der Waals surface area contributed by atoms with Gasteiger partial charge in [-0.25, -0.2) is 0 Å². The van der Waals surface area contributed by atoms with Gasteiger partial charge < -0.3 is 9.64 Å². The summed E-state index contributed by atoms with van der Waals surface area (Å²) in [5, 5.41) is 5.65. The Morgan fingerprint density at radius 3 is 2.81 bits per heavy atom. The zero-order chi connectivity index (χ0) is 14.8. The molecule has 2 aliphatic heterocycles. The van der Waals surface area contributed by atoms with Crippen LogP contribution in [0, 0.1) is 5.92 Å². The van der Waals surface area contributed by atoms with Gasteiger partial charge in [0.2, 0.25) is 5.91 Å². The minimum atomic E-state index is -0.0417. The summed E-state index contributed by atoms with van der Waals surface area (Å²) in [7, 11) is 0. The number of hydrogen-bond donors (Lipinski definition) is 1. The monoisotopic (exact) mass is 308 g/mol. The maximum Gasteiger partial charge on any atom is 0.241 e. The molecule has 3 rings (SSSR count). The Hall–Kier alpha value is -0.910. The number of nitrogens with one attached hydrogen (secondary N) is 1. The van der Waals surface area contributed by atoms with Gasteiger partial charge >= 0.3 is 0 Å². The van der Waals surface area contributed by atoms with E-state index in [1.165, 1.54) is 4.88 Å². The fourth-order valence-electron chi connectivity index (χ4n) is 3.31. The third-order valence-electron chi connectivity index (χ3n) is 4.29. The van der Waals surface area contributed by atoms with Gasteiger partial charge in [0.05, 0.1) is 6.04 Å². The zero-order valence-corrected chi connectivity index (χ0v) is 13.6. The van der Waals surface area contributed by atoms with E-state index in [2.05, 4.69) is 41.6 Å². The summed E-state index contributed by atoms with van der Waals surface area (Å²) in [5.41, 5.74) is 0. The van der Waals surface area contributed by atoms with Crippen LogP contribution < -0.4 is 5.32 Å². The molecule has 2 unspecified atom stereocenters. The quantitative estimate of drug-likeness (QED) is 0.930. The van der Waals surface area contributed by atoms with Gasteiger partial charge in [-0.15, -0.1) is 11.3 Å². The van der Waals surface area contributed by atoms with Gasteiger partial charge in [-0.05, 0) is 36.6 Å². The van der Waals surface area contributed by atoms with Crippen molar-refractivity contribution in [2.45, 2.75) is 51.4 Å². The van der Waals surface area contributed by atoms with Crippen molar-refractivity contribution in [2.24, 2.45) is 5.92 Å². The summed E-state index contributed by atoms with van der Waals surface area (Å²) in [6.07, 6.45) is 2.85. The van der Waals surface area contributed by atoms with Crippen molar-refractivity contribution >= 4 is 17.2 Å². The molecule has 1 N–H and O–H groups in total. The highest BCUT2D eigenvalue weighted by Crippen LogP contribution is 2.34. The van der Waals surface area contributed by atoms with Gasteiger partial charge in [-0.3, -0.25) is 10.1 Å². The molecule has 0 radical (unpaired) electrons. The normalized spacial score (nSPS) is 27.8. The van der Waals surface area contributed by atoms with E-state index in [0.29, 0.717) is 12.0 Å². The van der Waals surface area contributed by atoms with Crippen molar-refractivity contribution in [3.63, 3.8) is 0 Å². The fourth-order valence-corrected chi connectivity index (χ4v) is 4.09. The molecule has 4 nitrogen and oxygen atoms in total. The Bertz CT molecular complexity index is 469. The van der Waals surface area contributed by atoms with Crippen LogP contribution in [0.3, 0.4) is 0 Å². The predicted molar refractivity (Wildman–Crippen MR) is 84.1 cm³/mol. The highest BCUT2D eigenvalue weighted by Gasteiger charge is 2.43. The van der Waals surface area contributed by atoms with Crippen LogP contribution in [0.25, 0.3) is 0 Å². The van der Waals surface area contributed by atoms with Crippen LogP contribution in [0.4, 0.5) is 0 Å². The minimum Gasteiger partial charge on any atom is -0.381 e. The van der Waals surface area contributed by atoms with Crippen LogP contribution in [0.2, 0.25) is 0 Å². The third kappa shape index (κ3) is 3.15.